The maximum Gasteiger partial charge on any atom is 0.407 e. The number of sulfonamides is 1. The first-order valence-electron chi connectivity index (χ1n) is 12.6. The SMILES string of the molecule is CCNS(=O)(=O)c1cc(C(=O)CC(C)C)ccc1-c1cnc(C2CCC(NC(=O)OC(C)C)CC2)s1. The third-order valence-corrected chi connectivity index (χ3v) is 8.83. The van der Waals surface area contributed by atoms with E-state index < -0.39 is 10.0 Å². The van der Waals surface area contributed by atoms with Crippen molar-refractivity contribution in [2.45, 2.75) is 89.7 Å². The Morgan fingerprint density at radius 3 is 2.44 bits per heavy atom. The van der Waals surface area contributed by atoms with Crippen molar-refractivity contribution in [1.82, 2.24) is 15.0 Å². The van der Waals surface area contributed by atoms with Gasteiger partial charge < -0.3 is 10.1 Å². The lowest BCUT2D eigenvalue weighted by molar-refractivity contribution is 0.0967. The number of Topliss-reactive ketones (excluding diaryl/α,β-unsaturated/α-hetero) is 1. The van der Waals surface area contributed by atoms with Crippen LogP contribution in [0.2, 0.25) is 0 Å². The molecule has 0 aliphatic heterocycles. The maximum atomic E-state index is 13.0. The predicted molar refractivity (Wildman–Crippen MR) is 142 cm³/mol. The van der Waals surface area contributed by atoms with Gasteiger partial charge in [0.15, 0.2) is 5.78 Å². The number of aromatic nitrogens is 1. The van der Waals surface area contributed by atoms with E-state index in [1.54, 1.807) is 25.3 Å². The number of ketones is 1. The third kappa shape index (κ3) is 7.36. The highest BCUT2D eigenvalue weighted by molar-refractivity contribution is 7.89. The minimum atomic E-state index is -3.79. The minimum absolute atomic E-state index is 0.0721. The van der Waals surface area contributed by atoms with E-state index >= 15 is 0 Å². The number of thiazole rings is 1. The number of ether oxygens (including phenoxy) is 1. The number of rotatable bonds is 10. The predicted octanol–water partition coefficient (Wildman–Crippen LogP) is 5.50. The van der Waals surface area contributed by atoms with Gasteiger partial charge in [-0.05, 0) is 51.5 Å². The summed E-state index contributed by atoms with van der Waals surface area (Å²) >= 11 is 1.49. The number of nitrogens with one attached hydrogen (secondary N) is 2. The molecule has 3 rings (SSSR count). The summed E-state index contributed by atoms with van der Waals surface area (Å²) in [6, 6.07) is 5.00. The molecule has 1 aromatic carbocycles. The number of carbonyl (C=O) groups is 2. The van der Waals surface area contributed by atoms with E-state index in [1.165, 1.54) is 17.4 Å². The summed E-state index contributed by atoms with van der Waals surface area (Å²) in [5.41, 5.74) is 0.947. The molecule has 0 atom stereocenters. The zero-order valence-electron chi connectivity index (χ0n) is 21.7. The molecule has 1 heterocycles. The van der Waals surface area contributed by atoms with Gasteiger partial charge in [0.05, 0.1) is 20.9 Å². The summed E-state index contributed by atoms with van der Waals surface area (Å²) in [6.07, 6.45) is 4.97. The van der Waals surface area contributed by atoms with Crippen LogP contribution in [0.15, 0.2) is 29.3 Å². The van der Waals surface area contributed by atoms with Crippen molar-refractivity contribution in [2.24, 2.45) is 5.92 Å². The summed E-state index contributed by atoms with van der Waals surface area (Å²) in [4.78, 5) is 30.0. The molecule has 1 aromatic heterocycles. The van der Waals surface area contributed by atoms with Crippen LogP contribution in [0.1, 0.15) is 88.0 Å². The number of nitrogens with zero attached hydrogens (tertiary/aromatic N) is 1. The van der Waals surface area contributed by atoms with Crippen LogP contribution < -0.4 is 10.0 Å². The molecule has 36 heavy (non-hydrogen) atoms. The van der Waals surface area contributed by atoms with Gasteiger partial charge in [-0.25, -0.2) is 22.9 Å². The lowest BCUT2D eigenvalue weighted by Gasteiger charge is -2.28. The molecule has 10 heteroatoms. The van der Waals surface area contributed by atoms with E-state index in [2.05, 4.69) is 15.0 Å². The molecule has 1 amide bonds. The number of benzene rings is 1. The Kier molecular flexibility index (Phi) is 9.66. The van der Waals surface area contributed by atoms with Crippen LogP contribution in [0.5, 0.6) is 0 Å². The molecule has 0 radical (unpaired) electrons. The van der Waals surface area contributed by atoms with Gasteiger partial charge in [0, 0.05) is 42.2 Å². The molecule has 1 aliphatic rings. The summed E-state index contributed by atoms with van der Waals surface area (Å²) in [5.74, 6) is 0.363. The van der Waals surface area contributed by atoms with E-state index in [0.717, 1.165) is 35.6 Å². The molecule has 198 valence electrons. The van der Waals surface area contributed by atoms with Crippen molar-refractivity contribution >= 4 is 33.2 Å². The van der Waals surface area contributed by atoms with Crippen molar-refractivity contribution in [3.05, 3.63) is 35.0 Å². The second kappa shape index (κ2) is 12.3. The van der Waals surface area contributed by atoms with Crippen LogP contribution in [0.25, 0.3) is 10.4 Å². The molecule has 1 aliphatic carbocycles. The molecule has 0 saturated heterocycles. The first kappa shape index (κ1) is 28.3. The van der Waals surface area contributed by atoms with Gasteiger partial charge >= 0.3 is 6.09 Å². The molecule has 0 bridgehead atoms. The fourth-order valence-electron chi connectivity index (χ4n) is 4.38. The van der Waals surface area contributed by atoms with Gasteiger partial charge in [-0.2, -0.15) is 0 Å². The van der Waals surface area contributed by atoms with Crippen LogP contribution >= 0.6 is 11.3 Å². The average Bonchev–Trinajstić information content (AvgIpc) is 3.28. The second-order valence-corrected chi connectivity index (χ2v) is 12.7. The topological polar surface area (TPSA) is 114 Å². The smallest absolute Gasteiger partial charge is 0.407 e. The molecular formula is C26H37N3O5S2. The summed E-state index contributed by atoms with van der Waals surface area (Å²) in [5, 5.41) is 3.89. The van der Waals surface area contributed by atoms with Crippen molar-refractivity contribution in [1.29, 1.82) is 0 Å². The van der Waals surface area contributed by atoms with Gasteiger partial charge in [-0.15, -0.1) is 11.3 Å². The van der Waals surface area contributed by atoms with Crippen molar-refractivity contribution < 1.29 is 22.7 Å². The van der Waals surface area contributed by atoms with Crippen LogP contribution in [-0.2, 0) is 14.8 Å². The molecular weight excluding hydrogens is 498 g/mol. The zero-order chi connectivity index (χ0) is 26.5. The molecule has 0 unspecified atom stereocenters. The average molecular weight is 536 g/mol. The Bertz CT molecular complexity index is 1170. The first-order valence-corrected chi connectivity index (χ1v) is 14.9. The summed E-state index contributed by atoms with van der Waals surface area (Å²) in [7, 11) is -3.79. The monoisotopic (exact) mass is 535 g/mol. The van der Waals surface area contributed by atoms with Gasteiger partial charge in [-0.3, -0.25) is 4.79 Å². The number of alkyl carbamates (subject to hydrolysis) is 1. The van der Waals surface area contributed by atoms with E-state index in [1.807, 2.05) is 27.7 Å². The molecule has 1 saturated carbocycles. The van der Waals surface area contributed by atoms with Crippen LogP contribution in [0.4, 0.5) is 4.79 Å². The van der Waals surface area contributed by atoms with E-state index in [-0.39, 0.29) is 47.3 Å². The number of amides is 1. The van der Waals surface area contributed by atoms with Crippen molar-refractivity contribution in [2.75, 3.05) is 6.54 Å². The Hall–Kier alpha value is -2.30. The van der Waals surface area contributed by atoms with E-state index in [0.29, 0.717) is 17.5 Å². The number of hydrogen-bond acceptors (Lipinski definition) is 7. The van der Waals surface area contributed by atoms with Crippen molar-refractivity contribution in [3.63, 3.8) is 0 Å². The Morgan fingerprint density at radius 1 is 1.14 bits per heavy atom. The Labute approximate surface area is 218 Å². The highest BCUT2D eigenvalue weighted by atomic mass is 32.2. The molecule has 2 N–H and O–H groups in total. The summed E-state index contributed by atoms with van der Waals surface area (Å²) in [6.45, 7) is 9.54. The molecule has 2 aromatic rings. The minimum Gasteiger partial charge on any atom is -0.447 e. The summed E-state index contributed by atoms with van der Waals surface area (Å²) < 4.78 is 33.8. The molecule has 1 fully saturated rings. The standard InChI is InChI=1S/C26H37N3O5S2/c1-6-28-36(32,33)24-14-19(22(30)13-16(2)3)9-12-21(24)23-15-27-25(35-23)18-7-10-20(11-8-18)29-26(31)34-17(4)5/h9,12,14-18,20,28H,6-8,10-11,13H2,1-5H3,(H,29,31). The van der Waals surface area contributed by atoms with Gasteiger partial charge in [-0.1, -0.05) is 32.9 Å². The zero-order valence-corrected chi connectivity index (χ0v) is 23.3. The third-order valence-electron chi connectivity index (χ3n) is 6.05. The molecule has 0 spiro atoms. The van der Waals surface area contributed by atoms with Gasteiger partial charge in [0.2, 0.25) is 10.0 Å². The van der Waals surface area contributed by atoms with E-state index in [9.17, 15) is 18.0 Å². The van der Waals surface area contributed by atoms with Crippen LogP contribution in [0, 0.1) is 5.92 Å². The van der Waals surface area contributed by atoms with Crippen molar-refractivity contribution in [3.8, 4) is 10.4 Å². The highest BCUT2D eigenvalue weighted by Crippen LogP contribution is 2.39. The highest BCUT2D eigenvalue weighted by Gasteiger charge is 2.27. The lowest BCUT2D eigenvalue weighted by Crippen LogP contribution is -2.38. The fourth-order valence-corrected chi connectivity index (χ4v) is 6.85. The van der Waals surface area contributed by atoms with E-state index in [4.69, 9.17) is 4.74 Å². The van der Waals surface area contributed by atoms with Gasteiger partial charge in [0.25, 0.3) is 0 Å². The van der Waals surface area contributed by atoms with Crippen LogP contribution in [0.3, 0.4) is 0 Å². The Balaban J connectivity index is 1.80. The second-order valence-electron chi connectivity index (χ2n) is 9.94. The first-order chi connectivity index (χ1) is 17.0. The number of hydrogen-bond donors (Lipinski definition) is 2. The van der Waals surface area contributed by atoms with Gasteiger partial charge in [0.1, 0.15) is 0 Å². The quantitative estimate of drug-likeness (QED) is 0.388. The maximum absolute atomic E-state index is 13.0. The van der Waals surface area contributed by atoms with Crippen LogP contribution in [-0.4, -0.2) is 44.0 Å². The number of carbonyl (C=O) groups excluding carboxylic acids is 2. The lowest BCUT2D eigenvalue weighted by atomic mass is 9.86. The Morgan fingerprint density at radius 2 is 1.83 bits per heavy atom. The normalized spacial score (nSPS) is 18.4. The largest absolute Gasteiger partial charge is 0.447 e. The molecule has 8 nitrogen and oxygen atoms in total. The fraction of sp³-hybridized carbons (Fsp3) is 0.577.